The van der Waals surface area contributed by atoms with Gasteiger partial charge in [0.05, 0.1) is 34.2 Å². The Morgan fingerprint density at radius 2 is 1.22 bits per heavy atom. The summed E-state index contributed by atoms with van der Waals surface area (Å²) in [4.78, 5) is 19.8. The van der Waals surface area contributed by atoms with Gasteiger partial charge in [0, 0.05) is 18.1 Å². The number of nitrogens with one attached hydrogen (secondary N) is 4. The van der Waals surface area contributed by atoms with Gasteiger partial charge in [-0.3, -0.25) is 4.90 Å². The van der Waals surface area contributed by atoms with Gasteiger partial charge in [0.2, 0.25) is 0 Å². The molecule has 3 saturated heterocycles. The molecule has 0 spiro atoms. The molecule has 2 aromatic heterocycles. The highest BCUT2D eigenvalue weighted by atomic mass is 15.2. The standard InChI is InChI=1S/C29H37N7/c1-17(2)36-26(18-7-9-20-24(15-18)34-28(32-20)22-5-3-13-30-22)11-12-27(36)19-8-10-21-25(16-19)35-29(33-21)23-6-4-14-31-23/h7-10,15-17,22-23,26-27,30-31H,3-6,11-14H2,1-2H3,(H,32,34)(H,33,35)/t22?,23?,26-,27+. The fourth-order valence-corrected chi connectivity index (χ4v) is 6.90. The lowest BCUT2D eigenvalue weighted by atomic mass is 10.0. The van der Waals surface area contributed by atoms with Crippen LogP contribution in [-0.2, 0) is 0 Å². The van der Waals surface area contributed by atoms with E-state index < -0.39 is 0 Å². The van der Waals surface area contributed by atoms with Crippen molar-refractivity contribution in [2.75, 3.05) is 13.1 Å². The fraction of sp³-hybridized carbons (Fsp3) is 0.517. The second kappa shape index (κ2) is 8.98. The first-order valence-corrected chi connectivity index (χ1v) is 13.9. The van der Waals surface area contributed by atoms with Crippen molar-refractivity contribution in [3.8, 4) is 0 Å². The lowest BCUT2D eigenvalue weighted by Gasteiger charge is -2.34. The molecule has 5 heterocycles. The molecule has 2 unspecified atom stereocenters. The number of imidazole rings is 2. The predicted octanol–water partition coefficient (Wildman–Crippen LogP) is 5.57. The van der Waals surface area contributed by atoms with Crippen molar-refractivity contribution < 1.29 is 0 Å². The predicted molar refractivity (Wildman–Crippen MR) is 144 cm³/mol. The normalized spacial score (nSPS) is 27.3. The van der Waals surface area contributed by atoms with Gasteiger partial charge in [-0.15, -0.1) is 0 Å². The van der Waals surface area contributed by atoms with Gasteiger partial charge in [-0.2, -0.15) is 0 Å². The van der Waals surface area contributed by atoms with Crippen molar-refractivity contribution in [2.24, 2.45) is 0 Å². The van der Waals surface area contributed by atoms with Crippen LogP contribution in [0.15, 0.2) is 36.4 Å². The van der Waals surface area contributed by atoms with Crippen molar-refractivity contribution in [1.82, 2.24) is 35.5 Å². The Bertz CT molecular complexity index is 1270. The van der Waals surface area contributed by atoms with Gasteiger partial charge in [-0.1, -0.05) is 12.1 Å². The molecule has 0 amide bonds. The van der Waals surface area contributed by atoms with Crippen LogP contribution in [0, 0.1) is 0 Å². The number of likely N-dealkylation sites (tertiary alicyclic amines) is 1. The first kappa shape index (κ1) is 22.5. The maximum absolute atomic E-state index is 4.89. The Kier molecular flexibility index (Phi) is 5.60. The molecule has 4 N–H and O–H groups in total. The van der Waals surface area contributed by atoms with Gasteiger partial charge in [0.1, 0.15) is 11.6 Å². The first-order chi connectivity index (χ1) is 17.6. The van der Waals surface area contributed by atoms with Crippen molar-refractivity contribution >= 4 is 22.1 Å². The summed E-state index contributed by atoms with van der Waals surface area (Å²) in [6.07, 6.45) is 7.11. The van der Waals surface area contributed by atoms with E-state index in [9.17, 15) is 0 Å². The molecule has 0 saturated carbocycles. The molecule has 188 valence electrons. The molecular formula is C29H37N7. The second-order valence-electron chi connectivity index (χ2n) is 11.2. The van der Waals surface area contributed by atoms with Crippen LogP contribution in [0.1, 0.15) is 99.3 Å². The number of nitrogens with zero attached hydrogens (tertiary/aromatic N) is 3. The van der Waals surface area contributed by atoms with E-state index in [1.54, 1.807) is 0 Å². The minimum atomic E-state index is 0.367. The third-order valence-electron chi connectivity index (χ3n) is 8.63. The molecule has 0 bridgehead atoms. The summed E-state index contributed by atoms with van der Waals surface area (Å²) in [5.74, 6) is 2.18. The van der Waals surface area contributed by atoms with Crippen LogP contribution < -0.4 is 10.6 Å². The Balaban J connectivity index is 1.18. The fourth-order valence-electron chi connectivity index (χ4n) is 6.90. The number of fused-ring (bicyclic) bond motifs is 2. The van der Waals surface area contributed by atoms with E-state index in [2.05, 4.69) is 75.7 Å². The summed E-state index contributed by atoms with van der Waals surface area (Å²) in [5.41, 5.74) is 7.26. The average Bonchev–Trinajstić information content (AvgIpc) is 3.72. The number of hydrogen-bond donors (Lipinski definition) is 4. The Morgan fingerprint density at radius 3 is 1.64 bits per heavy atom. The molecule has 3 fully saturated rings. The third kappa shape index (κ3) is 3.85. The SMILES string of the molecule is CC(C)N1[C@@H](c2ccc3nc(C4CCCN4)[nH]c3c2)CC[C@H]1c1ccc2nc(C3CCCN3)[nH]c2c1. The van der Waals surface area contributed by atoms with Crippen LogP contribution in [0.3, 0.4) is 0 Å². The van der Waals surface area contributed by atoms with Crippen LogP contribution in [0.25, 0.3) is 22.1 Å². The second-order valence-corrected chi connectivity index (χ2v) is 11.2. The smallest absolute Gasteiger partial charge is 0.124 e. The van der Waals surface area contributed by atoms with Gasteiger partial charge < -0.3 is 20.6 Å². The van der Waals surface area contributed by atoms with Crippen molar-refractivity contribution in [3.63, 3.8) is 0 Å². The van der Waals surface area contributed by atoms with Crippen molar-refractivity contribution in [2.45, 2.75) is 82.6 Å². The van der Waals surface area contributed by atoms with Gasteiger partial charge >= 0.3 is 0 Å². The topological polar surface area (TPSA) is 84.7 Å². The zero-order chi connectivity index (χ0) is 24.2. The number of hydrogen-bond acceptors (Lipinski definition) is 5. The Labute approximate surface area is 212 Å². The summed E-state index contributed by atoms with van der Waals surface area (Å²) < 4.78 is 0. The highest BCUT2D eigenvalue weighted by molar-refractivity contribution is 5.77. The van der Waals surface area contributed by atoms with Crippen LogP contribution in [0.2, 0.25) is 0 Å². The molecule has 3 aliphatic heterocycles. The summed E-state index contributed by atoms with van der Waals surface area (Å²) in [6, 6.07) is 15.7. The van der Waals surface area contributed by atoms with E-state index in [0.717, 1.165) is 72.5 Å². The maximum Gasteiger partial charge on any atom is 0.124 e. The van der Waals surface area contributed by atoms with Crippen LogP contribution in [0.4, 0.5) is 0 Å². The van der Waals surface area contributed by atoms with E-state index in [1.165, 1.54) is 24.0 Å². The van der Waals surface area contributed by atoms with Crippen LogP contribution in [-0.4, -0.2) is 44.0 Å². The van der Waals surface area contributed by atoms with E-state index >= 15 is 0 Å². The molecule has 7 rings (SSSR count). The van der Waals surface area contributed by atoms with E-state index in [4.69, 9.17) is 9.97 Å². The quantitative estimate of drug-likeness (QED) is 0.298. The van der Waals surface area contributed by atoms with Crippen molar-refractivity contribution in [3.05, 3.63) is 59.2 Å². The summed E-state index contributed by atoms with van der Waals surface area (Å²) in [7, 11) is 0. The van der Waals surface area contributed by atoms with Gasteiger partial charge in [-0.05, 0) is 101 Å². The lowest BCUT2D eigenvalue weighted by Crippen LogP contribution is -2.32. The summed E-state index contributed by atoms with van der Waals surface area (Å²) in [5, 5.41) is 7.13. The molecule has 2 aromatic carbocycles. The highest BCUT2D eigenvalue weighted by Gasteiger charge is 2.37. The van der Waals surface area contributed by atoms with Gasteiger partial charge in [0.25, 0.3) is 0 Å². The molecule has 4 atom stereocenters. The minimum absolute atomic E-state index is 0.367. The first-order valence-electron chi connectivity index (χ1n) is 13.9. The number of aromatic nitrogens is 4. The summed E-state index contributed by atoms with van der Waals surface area (Å²) in [6.45, 7) is 6.84. The molecule has 36 heavy (non-hydrogen) atoms. The van der Waals surface area contributed by atoms with E-state index in [-0.39, 0.29) is 0 Å². The molecule has 0 aliphatic carbocycles. The Hall–Kier alpha value is -2.74. The zero-order valence-electron chi connectivity index (χ0n) is 21.3. The largest absolute Gasteiger partial charge is 0.341 e. The van der Waals surface area contributed by atoms with Gasteiger partial charge in [0.15, 0.2) is 0 Å². The molecular weight excluding hydrogens is 446 g/mol. The molecule has 7 nitrogen and oxygen atoms in total. The Morgan fingerprint density at radius 1 is 0.722 bits per heavy atom. The highest BCUT2D eigenvalue weighted by Crippen LogP contribution is 2.46. The molecule has 3 aliphatic rings. The number of H-pyrrole nitrogens is 2. The lowest BCUT2D eigenvalue weighted by molar-refractivity contribution is 0.149. The maximum atomic E-state index is 4.89. The molecule has 7 heteroatoms. The molecule has 4 aromatic rings. The van der Waals surface area contributed by atoms with Crippen molar-refractivity contribution in [1.29, 1.82) is 0 Å². The average molecular weight is 484 g/mol. The van der Waals surface area contributed by atoms with Crippen LogP contribution >= 0.6 is 0 Å². The summed E-state index contributed by atoms with van der Waals surface area (Å²) >= 11 is 0. The zero-order valence-corrected chi connectivity index (χ0v) is 21.3. The minimum Gasteiger partial charge on any atom is -0.341 e. The van der Waals surface area contributed by atoms with E-state index in [1.807, 2.05) is 0 Å². The monoisotopic (exact) mass is 483 g/mol. The number of benzene rings is 2. The van der Waals surface area contributed by atoms with Gasteiger partial charge in [-0.25, -0.2) is 9.97 Å². The van der Waals surface area contributed by atoms with E-state index in [0.29, 0.717) is 30.2 Å². The number of rotatable bonds is 5. The third-order valence-corrected chi connectivity index (χ3v) is 8.63. The number of aromatic amines is 2. The van der Waals surface area contributed by atoms with Crippen LogP contribution in [0.5, 0.6) is 0 Å². The molecule has 0 radical (unpaired) electrons.